The zero-order valence-corrected chi connectivity index (χ0v) is 17.7. The van der Waals surface area contributed by atoms with Gasteiger partial charge in [0.2, 0.25) is 0 Å². The first kappa shape index (κ1) is 21.0. The van der Waals surface area contributed by atoms with Gasteiger partial charge in [-0.3, -0.25) is 0 Å². The number of aromatic nitrogens is 2. The number of hydrogen-bond acceptors (Lipinski definition) is 3. The summed E-state index contributed by atoms with van der Waals surface area (Å²) in [6.45, 7) is 7.43. The zero-order chi connectivity index (χ0) is 20.5. The summed E-state index contributed by atoms with van der Waals surface area (Å²) in [7, 11) is 1.67. The lowest BCUT2D eigenvalue weighted by atomic mass is 10.1. The molecule has 4 heteroatoms. The second-order valence-electron chi connectivity index (χ2n) is 7.35. The minimum absolute atomic E-state index is 0.417. The summed E-state index contributed by atoms with van der Waals surface area (Å²) in [6, 6.07) is 14.3. The van der Waals surface area contributed by atoms with Gasteiger partial charge in [-0.15, -0.1) is 6.58 Å². The molecular weight excluding hydrogens is 360 g/mol. The van der Waals surface area contributed by atoms with E-state index in [1.165, 1.54) is 31.2 Å². The van der Waals surface area contributed by atoms with Gasteiger partial charge in [0.25, 0.3) is 0 Å². The van der Waals surface area contributed by atoms with E-state index in [0.717, 1.165) is 47.8 Å². The average molecular weight is 393 g/mol. The maximum Gasteiger partial charge on any atom is 0.161 e. The molecule has 0 radical (unpaired) electrons. The third kappa shape index (κ3) is 5.41. The Morgan fingerprint density at radius 3 is 2.66 bits per heavy atom. The molecule has 0 atom stereocenters. The number of aryl methyl sites for hydroxylation is 1. The van der Waals surface area contributed by atoms with E-state index in [2.05, 4.69) is 42.3 Å². The largest absolute Gasteiger partial charge is 0.493 e. The first-order valence-electron chi connectivity index (χ1n) is 10.6. The molecule has 3 aromatic rings. The van der Waals surface area contributed by atoms with E-state index >= 15 is 0 Å². The molecule has 0 aliphatic heterocycles. The monoisotopic (exact) mass is 392 g/mol. The Kier molecular flexibility index (Phi) is 7.74. The summed E-state index contributed by atoms with van der Waals surface area (Å²) in [4.78, 5) is 4.83. The zero-order valence-electron chi connectivity index (χ0n) is 17.7. The Hall–Kier alpha value is -2.75. The molecule has 0 amide bonds. The van der Waals surface area contributed by atoms with E-state index in [4.69, 9.17) is 14.5 Å². The maximum absolute atomic E-state index is 6.13. The van der Waals surface area contributed by atoms with Crippen LogP contribution in [0.2, 0.25) is 0 Å². The number of fused-ring (bicyclic) bond motifs is 1. The van der Waals surface area contributed by atoms with Crippen molar-refractivity contribution in [2.45, 2.75) is 58.6 Å². The lowest BCUT2D eigenvalue weighted by Crippen LogP contribution is -2.08. The molecule has 2 aromatic carbocycles. The maximum atomic E-state index is 6.13. The summed E-state index contributed by atoms with van der Waals surface area (Å²) < 4.78 is 14.0. The highest BCUT2D eigenvalue weighted by Crippen LogP contribution is 2.29. The normalized spacial score (nSPS) is 11.0. The number of methoxy groups -OCH3 is 1. The van der Waals surface area contributed by atoms with Crippen LogP contribution in [0.4, 0.5) is 0 Å². The predicted molar refractivity (Wildman–Crippen MR) is 120 cm³/mol. The fraction of sp³-hybridized carbons (Fsp3) is 0.400. The number of allylic oxidation sites excluding steroid dienone is 1. The molecule has 0 bridgehead atoms. The third-order valence-electron chi connectivity index (χ3n) is 5.18. The van der Waals surface area contributed by atoms with Crippen LogP contribution < -0.4 is 9.47 Å². The number of rotatable bonds is 12. The van der Waals surface area contributed by atoms with Gasteiger partial charge in [-0.25, -0.2) is 4.98 Å². The molecule has 154 valence electrons. The summed E-state index contributed by atoms with van der Waals surface area (Å²) in [5.41, 5.74) is 3.35. The first-order valence-corrected chi connectivity index (χ1v) is 10.6. The first-order chi connectivity index (χ1) is 14.3. The minimum atomic E-state index is 0.417. The van der Waals surface area contributed by atoms with Crippen LogP contribution in [0.1, 0.15) is 50.4 Å². The second-order valence-corrected chi connectivity index (χ2v) is 7.35. The van der Waals surface area contributed by atoms with Crippen molar-refractivity contribution in [1.29, 1.82) is 0 Å². The predicted octanol–water partition coefficient (Wildman–Crippen LogP) is 6.32. The number of benzene rings is 2. The smallest absolute Gasteiger partial charge is 0.161 e. The molecule has 0 N–H and O–H groups in total. The molecule has 0 aliphatic carbocycles. The topological polar surface area (TPSA) is 36.3 Å². The number of hydrogen-bond donors (Lipinski definition) is 0. The highest BCUT2D eigenvalue weighted by atomic mass is 16.5. The molecule has 4 nitrogen and oxygen atoms in total. The number of ether oxygens (including phenoxy) is 2. The van der Waals surface area contributed by atoms with Crippen LogP contribution in [-0.4, -0.2) is 16.7 Å². The second kappa shape index (κ2) is 10.7. The number of unbranched alkanes of at least 4 members (excludes halogenated alkanes) is 4. The van der Waals surface area contributed by atoms with Crippen molar-refractivity contribution in [3.8, 4) is 11.5 Å². The van der Waals surface area contributed by atoms with Crippen LogP contribution in [0.25, 0.3) is 11.0 Å². The molecule has 0 fully saturated rings. The summed E-state index contributed by atoms with van der Waals surface area (Å²) in [5, 5.41) is 0. The van der Waals surface area contributed by atoms with E-state index in [1.54, 1.807) is 7.11 Å². The Balaban J connectivity index is 1.75. The molecule has 1 heterocycles. The molecule has 0 saturated carbocycles. The van der Waals surface area contributed by atoms with Crippen LogP contribution in [0.3, 0.4) is 0 Å². The SMILES string of the molecule is C=CCc1ccc(OCc2nc3ccccc3n2CCCCCCC)c(OC)c1. The van der Waals surface area contributed by atoms with E-state index < -0.39 is 0 Å². The van der Waals surface area contributed by atoms with E-state index in [1.807, 2.05) is 24.3 Å². The summed E-state index contributed by atoms with van der Waals surface area (Å²) in [5.74, 6) is 2.44. The molecule has 0 aliphatic rings. The third-order valence-corrected chi connectivity index (χ3v) is 5.18. The van der Waals surface area contributed by atoms with Crippen molar-refractivity contribution in [3.05, 3.63) is 66.5 Å². The highest BCUT2D eigenvalue weighted by molar-refractivity contribution is 5.75. The van der Waals surface area contributed by atoms with Gasteiger partial charge in [0.15, 0.2) is 11.5 Å². The van der Waals surface area contributed by atoms with E-state index in [0.29, 0.717) is 6.61 Å². The summed E-state index contributed by atoms with van der Waals surface area (Å²) >= 11 is 0. The quantitative estimate of drug-likeness (QED) is 0.267. The van der Waals surface area contributed by atoms with Crippen LogP contribution in [0, 0.1) is 0 Å². The van der Waals surface area contributed by atoms with Crippen LogP contribution >= 0.6 is 0 Å². The molecule has 0 unspecified atom stereocenters. The van der Waals surface area contributed by atoms with Gasteiger partial charge < -0.3 is 14.0 Å². The fourth-order valence-corrected chi connectivity index (χ4v) is 3.63. The van der Waals surface area contributed by atoms with E-state index in [9.17, 15) is 0 Å². The highest BCUT2D eigenvalue weighted by Gasteiger charge is 2.12. The van der Waals surface area contributed by atoms with Crippen molar-refractivity contribution in [2.24, 2.45) is 0 Å². The Morgan fingerprint density at radius 1 is 1.03 bits per heavy atom. The molecular formula is C25H32N2O2. The molecule has 29 heavy (non-hydrogen) atoms. The van der Waals surface area contributed by atoms with Crippen molar-refractivity contribution >= 4 is 11.0 Å². The van der Waals surface area contributed by atoms with Gasteiger partial charge in [-0.1, -0.05) is 56.9 Å². The summed E-state index contributed by atoms with van der Waals surface area (Å²) in [6.07, 6.45) is 8.97. The standard InChI is InChI=1S/C25H32N2O2/c1-4-6-7-8-11-17-27-22-14-10-9-13-21(22)26-25(27)19-29-23-16-15-20(12-5-2)18-24(23)28-3/h5,9-10,13-16,18H,2,4,6-8,11-12,17,19H2,1,3H3. The van der Waals surface area contributed by atoms with Crippen molar-refractivity contribution in [3.63, 3.8) is 0 Å². The molecule has 1 aromatic heterocycles. The van der Waals surface area contributed by atoms with Crippen LogP contribution in [0.15, 0.2) is 55.1 Å². The Labute approximate surface area is 174 Å². The Bertz CT molecular complexity index is 930. The average Bonchev–Trinajstić information content (AvgIpc) is 3.10. The Morgan fingerprint density at radius 2 is 1.86 bits per heavy atom. The molecule has 0 spiro atoms. The van der Waals surface area contributed by atoms with Gasteiger partial charge in [-0.2, -0.15) is 0 Å². The van der Waals surface area contributed by atoms with Crippen LogP contribution in [0.5, 0.6) is 11.5 Å². The van der Waals surface area contributed by atoms with Crippen molar-refractivity contribution < 1.29 is 9.47 Å². The van der Waals surface area contributed by atoms with Gasteiger partial charge in [-0.05, 0) is 42.7 Å². The molecule has 3 rings (SSSR count). The number of imidazole rings is 1. The number of nitrogens with zero attached hydrogens (tertiary/aromatic N) is 2. The van der Waals surface area contributed by atoms with E-state index in [-0.39, 0.29) is 0 Å². The number of para-hydroxylation sites is 2. The lowest BCUT2D eigenvalue weighted by Gasteiger charge is -2.13. The van der Waals surface area contributed by atoms with Gasteiger partial charge in [0.05, 0.1) is 18.1 Å². The van der Waals surface area contributed by atoms with Gasteiger partial charge >= 0.3 is 0 Å². The van der Waals surface area contributed by atoms with Crippen molar-refractivity contribution in [2.75, 3.05) is 7.11 Å². The van der Waals surface area contributed by atoms with Gasteiger partial charge in [0, 0.05) is 6.54 Å². The lowest BCUT2D eigenvalue weighted by molar-refractivity contribution is 0.271. The van der Waals surface area contributed by atoms with Gasteiger partial charge in [0.1, 0.15) is 12.4 Å². The molecule has 0 saturated heterocycles. The van der Waals surface area contributed by atoms with Crippen molar-refractivity contribution in [1.82, 2.24) is 9.55 Å². The van der Waals surface area contributed by atoms with Crippen LogP contribution in [-0.2, 0) is 19.6 Å². The minimum Gasteiger partial charge on any atom is -0.493 e. The fourth-order valence-electron chi connectivity index (χ4n) is 3.63.